The highest BCUT2D eigenvalue weighted by Crippen LogP contribution is 2.25. The van der Waals surface area contributed by atoms with Crippen LogP contribution in [0.5, 0.6) is 5.75 Å². The third-order valence-corrected chi connectivity index (χ3v) is 4.85. The molecule has 1 N–H and O–H groups in total. The van der Waals surface area contributed by atoms with Crippen LogP contribution >= 0.6 is 0 Å². The molecule has 1 saturated carbocycles. The Labute approximate surface area is 147 Å². The number of hydrogen-bond donors (Lipinski definition) is 1. The number of carbonyl (C=O) groups is 1. The molecule has 2 heterocycles. The van der Waals surface area contributed by atoms with Crippen molar-refractivity contribution < 1.29 is 14.6 Å². The normalized spacial score (nSPS) is 14.7. The molecule has 1 amide bonds. The second-order valence-corrected chi connectivity index (χ2v) is 6.56. The minimum absolute atomic E-state index is 0.128. The Morgan fingerprint density at radius 2 is 2.12 bits per heavy atom. The van der Waals surface area contributed by atoms with E-state index in [9.17, 15) is 9.90 Å². The number of aromatic nitrogens is 3. The van der Waals surface area contributed by atoms with Crippen molar-refractivity contribution in [3.8, 4) is 17.1 Å². The summed E-state index contributed by atoms with van der Waals surface area (Å²) in [5.74, 6) is 0.144. The lowest BCUT2D eigenvalue weighted by atomic mass is 10.2. The fourth-order valence-corrected chi connectivity index (χ4v) is 3.20. The summed E-state index contributed by atoms with van der Waals surface area (Å²) < 4.78 is 7.33. The summed E-state index contributed by atoms with van der Waals surface area (Å²) >= 11 is 0. The van der Waals surface area contributed by atoms with Crippen molar-refractivity contribution in [1.82, 2.24) is 19.4 Å². The summed E-state index contributed by atoms with van der Waals surface area (Å²) in [6, 6.07) is 3.58. The first kappa shape index (κ1) is 17.3. The summed E-state index contributed by atoms with van der Waals surface area (Å²) in [4.78, 5) is 22.7. The smallest absolute Gasteiger partial charge is 0.410 e. The molecule has 2 aromatic heterocycles. The van der Waals surface area contributed by atoms with E-state index in [1.807, 2.05) is 11.6 Å². The molecule has 1 aliphatic rings. The van der Waals surface area contributed by atoms with Gasteiger partial charge >= 0.3 is 6.09 Å². The van der Waals surface area contributed by atoms with Crippen molar-refractivity contribution in [3.63, 3.8) is 0 Å². The summed E-state index contributed by atoms with van der Waals surface area (Å²) in [5.41, 5.74) is 2.60. The van der Waals surface area contributed by atoms with Crippen molar-refractivity contribution in [2.24, 2.45) is 7.05 Å². The molecule has 2 aromatic rings. The van der Waals surface area contributed by atoms with E-state index >= 15 is 0 Å². The standard InChI is InChI=1S/C18H24N4O3/c1-12-16(23)9-8-14(20-12)17-15(21(2)11-19-17)10-25-18(24)22(3)13-6-4-5-7-13/h8-9,11,13,23H,4-7,10H2,1-3H3. The number of imidazole rings is 1. The Morgan fingerprint density at radius 1 is 1.40 bits per heavy atom. The topological polar surface area (TPSA) is 80.5 Å². The van der Waals surface area contributed by atoms with Crippen LogP contribution in [-0.2, 0) is 18.4 Å². The van der Waals surface area contributed by atoms with E-state index in [-0.39, 0.29) is 24.5 Å². The van der Waals surface area contributed by atoms with Gasteiger partial charge in [-0.05, 0) is 31.9 Å². The lowest BCUT2D eigenvalue weighted by Crippen LogP contribution is -2.35. The van der Waals surface area contributed by atoms with Gasteiger partial charge in [-0.25, -0.2) is 14.8 Å². The van der Waals surface area contributed by atoms with Gasteiger partial charge in [0.2, 0.25) is 0 Å². The highest BCUT2D eigenvalue weighted by atomic mass is 16.6. The van der Waals surface area contributed by atoms with Crippen molar-refractivity contribution in [1.29, 1.82) is 0 Å². The first-order chi connectivity index (χ1) is 12.0. The molecule has 25 heavy (non-hydrogen) atoms. The number of carbonyl (C=O) groups excluding carboxylic acids is 1. The van der Waals surface area contributed by atoms with Crippen LogP contribution in [0.4, 0.5) is 4.79 Å². The number of aryl methyl sites for hydroxylation is 2. The predicted molar refractivity (Wildman–Crippen MR) is 93.0 cm³/mol. The first-order valence-electron chi connectivity index (χ1n) is 8.54. The molecule has 1 aliphatic carbocycles. The zero-order valence-electron chi connectivity index (χ0n) is 14.9. The van der Waals surface area contributed by atoms with Crippen LogP contribution in [0.15, 0.2) is 18.5 Å². The van der Waals surface area contributed by atoms with Crippen molar-refractivity contribution >= 4 is 6.09 Å². The Balaban J connectivity index is 1.73. The molecule has 134 valence electrons. The van der Waals surface area contributed by atoms with Crippen LogP contribution in [0.1, 0.15) is 37.1 Å². The molecule has 0 saturated heterocycles. The van der Waals surface area contributed by atoms with E-state index in [0.717, 1.165) is 18.5 Å². The van der Waals surface area contributed by atoms with Gasteiger partial charge in [0.1, 0.15) is 18.1 Å². The molecular formula is C18H24N4O3. The molecule has 0 bridgehead atoms. The lowest BCUT2D eigenvalue weighted by Gasteiger charge is -2.23. The van der Waals surface area contributed by atoms with Crippen molar-refractivity contribution in [2.75, 3.05) is 7.05 Å². The molecule has 7 heteroatoms. The number of rotatable bonds is 4. The molecule has 1 fully saturated rings. The van der Waals surface area contributed by atoms with E-state index in [1.54, 1.807) is 37.3 Å². The molecule has 3 rings (SSSR count). The molecular weight excluding hydrogens is 320 g/mol. The molecule has 7 nitrogen and oxygen atoms in total. The second kappa shape index (κ2) is 7.13. The number of aromatic hydroxyl groups is 1. The SMILES string of the molecule is Cc1nc(-c2ncn(C)c2COC(=O)N(C)C2CCCC2)ccc1O. The molecule has 0 atom stereocenters. The highest BCUT2D eigenvalue weighted by Gasteiger charge is 2.25. The molecule has 0 radical (unpaired) electrons. The molecule has 0 aromatic carbocycles. The molecule has 0 spiro atoms. The maximum Gasteiger partial charge on any atom is 0.410 e. The summed E-state index contributed by atoms with van der Waals surface area (Å²) in [6.45, 7) is 1.86. The largest absolute Gasteiger partial charge is 0.506 e. The number of ether oxygens (including phenoxy) is 1. The third-order valence-electron chi connectivity index (χ3n) is 4.85. The fourth-order valence-electron chi connectivity index (χ4n) is 3.20. The lowest BCUT2D eigenvalue weighted by molar-refractivity contribution is 0.0902. The van der Waals surface area contributed by atoms with Gasteiger partial charge in [0.05, 0.1) is 23.4 Å². The van der Waals surface area contributed by atoms with Gasteiger partial charge in [0, 0.05) is 20.1 Å². The van der Waals surface area contributed by atoms with Gasteiger partial charge in [0.25, 0.3) is 0 Å². The predicted octanol–water partition coefficient (Wildman–Crippen LogP) is 3.01. The number of nitrogens with zero attached hydrogens (tertiary/aromatic N) is 4. The minimum Gasteiger partial charge on any atom is -0.506 e. The summed E-state index contributed by atoms with van der Waals surface area (Å²) in [7, 11) is 3.65. The quantitative estimate of drug-likeness (QED) is 0.922. The maximum absolute atomic E-state index is 12.3. The van der Waals surface area contributed by atoms with E-state index < -0.39 is 0 Å². The first-order valence-corrected chi connectivity index (χ1v) is 8.54. The van der Waals surface area contributed by atoms with Gasteiger partial charge in [-0.1, -0.05) is 12.8 Å². The van der Waals surface area contributed by atoms with Crippen LogP contribution in [-0.4, -0.2) is 43.7 Å². The second-order valence-electron chi connectivity index (χ2n) is 6.56. The highest BCUT2D eigenvalue weighted by molar-refractivity contribution is 5.68. The van der Waals surface area contributed by atoms with Crippen LogP contribution in [0, 0.1) is 6.92 Å². The number of hydrogen-bond acceptors (Lipinski definition) is 5. The third kappa shape index (κ3) is 3.60. The molecule has 0 aliphatic heterocycles. The Morgan fingerprint density at radius 3 is 2.80 bits per heavy atom. The zero-order chi connectivity index (χ0) is 18.0. The Bertz CT molecular complexity index is 766. The minimum atomic E-state index is -0.311. The van der Waals surface area contributed by atoms with Gasteiger partial charge in [-0.2, -0.15) is 0 Å². The number of amides is 1. The van der Waals surface area contributed by atoms with Crippen LogP contribution < -0.4 is 0 Å². The average Bonchev–Trinajstić information content (AvgIpc) is 3.24. The maximum atomic E-state index is 12.3. The van der Waals surface area contributed by atoms with Crippen molar-refractivity contribution in [3.05, 3.63) is 29.8 Å². The number of pyridine rings is 1. The van der Waals surface area contributed by atoms with E-state index in [0.29, 0.717) is 17.1 Å². The monoisotopic (exact) mass is 344 g/mol. The Hall–Kier alpha value is -2.57. The zero-order valence-corrected chi connectivity index (χ0v) is 14.9. The van der Waals surface area contributed by atoms with Gasteiger partial charge in [-0.15, -0.1) is 0 Å². The molecule has 0 unspecified atom stereocenters. The van der Waals surface area contributed by atoms with Crippen LogP contribution in [0.25, 0.3) is 11.4 Å². The summed E-state index contributed by atoms with van der Waals surface area (Å²) in [6.07, 6.45) is 5.77. The van der Waals surface area contributed by atoms with E-state index in [2.05, 4.69) is 9.97 Å². The van der Waals surface area contributed by atoms with Crippen LogP contribution in [0.2, 0.25) is 0 Å². The van der Waals surface area contributed by atoms with E-state index in [1.165, 1.54) is 12.8 Å². The van der Waals surface area contributed by atoms with Crippen LogP contribution in [0.3, 0.4) is 0 Å². The van der Waals surface area contributed by atoms with E-state index in [4.69, 9.17) is 4.74 Å². The summed E-state index contributed by atoms with van der Waals surface area (Å²) in [5, 5.41) is 9.64. The fraction of sp³-hybridized carbons (Fsp3) is 0.500. The van der Waals surface area contributed by atoms with Gasteiger partial charge in [0.15, 0.2) is 0 Å². The Kier molecular flexibility index (Phi) is 4.92. The van der Waals surface area contributed by atoms with Crippen molar-refractivity contribution in [2.45, 2.75) is 45.3 Å². The van der Waals surface area contributed by atoms with Gasteiger partial charge < -0.3 is 19.3 Å². The van der Waals surface area contributed by atoms with Gasteiger partial charge in [-0.3, -0.25) is 0 Å². The average molecular weight is 344 g/mol.